The number of H-pyrrole nitrogens is 1. The summed E-state index contributed by atoms with van der Waals surface area (Å²) in [6.45, 7) is 4.09. The van der Waals surface area contributed by atoms with Crippen LogP contribution in [-0.4, -0.2) is 46.3 Å². The minimum Gasteiger partial charge on any atom is -0.356 e. The van der Waals surface area contributed by atoms with Gasteiger partial charge in [0, 0.05) is 39.5 Å². The van der Waals surface area contributed by atoms with Crippen LogP contribution in [0.4, 0.5) is 10.2 Å². The van der Waals surface area contributed by atoms with E-state index in [0.717, 1.165) is 43.8 Å². The summed E-state index contributed by atoms with van der Waals surface area (Å²) in [7, 11) is 0. The molecule has 2 aliphatic heterocycles. The van der Waals surface area contributed by atoms with E-state index >= 15 is 0 Å². The summed E-state index contributed by atoms with van der Waals surface area (Å²) >= 11 is 0. The Morgan fingerprint density at radius 1 is 1.24 bits per heavy atom. The van der Waals surface area contributed by atoms with Crippen molar-refractivity contribution >= 4 is 16.9 Å². The zero-order valence-corrected chi connectivity index (χ0v) is 13.8. The van der Waals surface area contributed by atoms with Gasteiger partial charge in [0.25, 0.3) is 0 Å². The number of fused-ring (bicyclic) bond motifs is 1. The maximum absolute atomic E-state index is 14.5. The Morgan fingerprint density at radius 2 is 2.20 bits per heavy atom. The van der Waals surface area contributed by atoms with E-state index < -0.39 is 0 Å². The van der Waals surface area contributed by atoms with Gasteiger partial charge in [0.15, 0.2) is 11.5 Å². The normalized spacial score (nSPS) is 23.2. The molecule has 1 atom stereocenters. The summed E-state index contributed by atoms with van der Waals surface area (Å²) < 4.78 is 14.5. The molecule has 6 nitrogen and oxygen atoms in total. The average molecular weight is 342 g/mol. The van der Waals surface area contributed by atoms with Gasteiger partial charge in [-0.15, -0.1) is 0 Å². The Hall–Kier alpha value is -2.54. The van der Waals surface area contributed by atoms with E-state index in [1.807, 2.05) is 12.1 Å². The van der Waals surface area contributed by atoms with E-state index in [4.69, 9.17) is 0 Å². The Kier molecular flexibility index (Phi) is 3.24. The molecule has 0 bridgehead atoms. The number of hydrogen-bond donors (Lipinski definition) is 2. The lowest BCUT2D eigenvalue weighted by atomic mass is 9.87. The molecule has 3 aromatic heterocycles. The van der Waals surface area contributed by atoms with Gasteiger partial charge in [0.1, 0.15) is 11.5 Å². The number of pyridine rings is 2. The van der Waals surface area contributed by atoms with E-state index in [2.05, 4.69) is 30.4 Å². The minimum atomic E-state index is -0.352. The van der Waals surface area contributed by atoms with Gasteiger partial charge >= 0.3 is 0 Å². The van der Waals surface area contributed by atoms with Crippen LogP contribution in [0.2, 0.25) is 0 Å². The van der Waals surface area contributed by atoms with Crippen LogP contribution in [0.5, 0.6) is 0 Å². The maximum Gasteiger partial charge on any atom is 0.181 e. The van der Waals surface area contributed by atoms with Crippen molar-refractivity contribution in [2.24, 2.45) is 5.41 Å². The highest BCUT2D eigenvalue weighted by Crippen LogP contribution is 2.38. The lowest BCUT2D eigenvalue weighted by molar-refractivity contribution is 0.369. The molecule has 0 aromatic carbocycles. The fraction of sp³-hybridized carbons (Fsp3) is 0.389. The highest BCUT2D eigenvalue weighted by atomic mass is 19.1. The molecule has 5 heterocycles. The SMILES string of the molecule is Fc1ccc(N2CCC3(CCNC3)C2)nc1-c1[nH]nc2ncccc12.[HH].[HH]. The average Bonchev–Trinajstić information content (AvgIpc) is 3.37. The van der Waals surface area contributed by atoms with E-state index in [1.54, 1.807) is 12.3 Å². The number of nitrogens with zero attached hydrogens (tertiary/aromatic N) is 4. The smallest absolute Gasteiger partial charge is 0.181 e. The lowest BCUT2D eigenvalue weighted by Gasteiger charge is -2.23. The first kappa shape index (κ1) is 14.8. The van der Waals surface area contributed by atoms with Crippen molar-refractivity contribution in [1.29, 1.82) is 0 Å². The molecule has 2 N–H and O–H groups in total. The summed E-state index contributed by atoms with van der Waals surface area (Å²) in [4.78, 5) is 11.1. The van der Waals surface area contributed by atoms with E-state index in [1.165, 1.54) is 12.5 Å². The number of anilines is 1. The fourth-order valence-electron chi connectivity index (χ4n) is 4.09. The second-order valence-corrected chi connectivity index (χ2v) is 7.07. The molecule has 3 aromatic rings. The van der Waals surface area contributed by atoms with Crippen molar-refractivity contribution in [3.8, 4) is 11.4 Å². The number of aromatic nitrogens is 4. The molecule has 5 rings (SSSR count). The van der Waals surface area contributed by atoms with Gasteiger partial charge < -0.3 is 10.2 Å². The van der Waals surface area contributed by atoms with Gasteiger partial charge in [-0.05, 0) is 43.7 Å². The van der Waals surface area contributed by atoms with Crippen molar-refractivity contribution in [3.05, 3.63) is 36.3 Å². The van der Waals surface area contributed by atoms with Crippen LogP contribution in [0.25, 0.3) is 22.4 Å². The largest absolute Gasteiger partial charge is 0.356 e. The molecule has 2 saturated heterocycles. The van der Waals surface area contributed by atoms with Crippen molar-refractivity contribution in [1.82, 2.24) is 25.5 Å². The molecule has 7 heteroatoms. The molecule has 0 saturated carbocycles. The van der Waals surface area contributed by atoms with Gasteiger partial charge in [0.05, 0.1) is 5.69 Å². The molecule has 2 fully saturated rings. The predicted octanol–water partition coefficient (Wildman–Crippen LogP) is 2.84. The third-order valence-electron chi connectivity index (χ3n) is 5.49. The fourth-order valence-corrected chi connectivity index (χ4v) is 4.09. The molecule has 0 amide bonds. The van der Waals surface area contributed by atoms with Crippen LogP contribution < -0.4 is 10.2 Å². The molecular weight excluding hydrogens is 319 g/mol. The molecule has 1 unspecified atom stereocenters. The molecule has 1 spiro atoms. The van der Waals surface area contributed by atoms with Crippen LogP contribution in [0.1, 0.15) is 15.7 Å². The summed E-state index contributed by atoms with van der Waals surface area (Å²) in [6.07, 6.45) is 4.03. The zero-order chi connectivity index (χ0) is 16.9. The summed E-state index contributed by atoms with van der Waals surface area (Å²) in [5, 5.41) is 11.3. The van der Waals surface area contributed by atoms with Crippen LogP contribution in [-0.2, 0) is 0 Å². The lowest BCUT2D eigenvalue weighted by Crippen LogP contribution is -2.29. The molecular formula is C18H23FN6. The van der Waals surface area contributed by atoms with Crippen LogP contribution in [0.3, 0.4) is 0 Å². The quantitative estimate of drug-likeness (QED) is 0.749. The molecule has 132 valence electrons. The Morgan fingerprint density at radius 3 is 3.08 bits per heavy atom. The van der Waals surface area contributed by atoms with Crippen LogP contribution in [0.15, 0.2) is 30.5 Å². The van der Waals surface area contributed by atoms with Crippen molar-refractivity contribution in [3.63, 3.8) is 0 Å². The van der Waals surface area contributed by atoms with Crippen LogP contribution in [0, 0.1) is 11.2 Å². The van der Waals surface area contributed by atoms with Gasteiger partial charge in [-0.2, -0.15) is 5.10 Å². The second kappa shape index (κ2) is 5.49. The highest BCUT2D eigenvalue weighted by Gasteiger charge is 2.40. The third kappa shape index (κ3) is 2.38. The molecule has 25 heavy (non-hydrogen) atoms. The minimum absolute atomic E-state index is 0. The molecule has 2 aliphatic rings. The van der Waals surface area contributed by atoms with Gasteiger partial charge in [-0.3, -0.25) is 5.10 Å². The van der Waals surface area contributed by atoms with Gasteiger partial charge in [-0.1, -0.05) is 0 Å². The first-order valence-electron chi connectivity index (χ1n) is 8.66. The summed E-state index contributed by atoms with van der Waals surface area (Å²) in [6, 6.07) is 6.97. The number of hydrogen-bond acceptors (Lipinski definition) is 5. The predicted molar refractivity (Wildman–Crippen MR) is 98.1 cm³/mol. The van der Waals surface area contributed by atoms with Gasteiger partial charge in [-0.25, -0.2) is 14.4 Å². The monoisotopic (exact) mass is 342 g/mol. The number of rotatable bonds is 2. The molecule has 0 aliphatic carbocycles. The first-order valence-corrected chi connectivity index (χ1v) is 8.66. The van der Waals surface area contributed by atoms with Crippen molar-refractivity contribution < 1.29 is 7.24 Å². The number of nitrogens with one attached hydrogen (secondary N) is 2. The highest BCUT2D eigenvalue weighted by molar-refractivity contribution is 5.89. The van der Waals surface area contributed by atoms with Crippen molar-refractivity contribution in [2.45, 2.75) is 12.8 Å². The second-order valence-electron chi connectivity index (χ2n) is 7.07. The maximum atomic E-state index is 14.5. The Labute approximate surface area is 147 Å². The van der Waals surface area contributed by atoms with E-state index in [-0.39, 0.29) is 8.67 Å². The van der Waals surface area contributed by atoms with Crippen LogP contribution >= 0.6 is 0 Å². The Balaban J connectivity index is 0.00000105. The van der Waals surface area contributed by atoms with Gasteiger partial charge in [0.2, 0.25) is 0 Å². The van der Waals surface area contributed by atoms with E-state index in [9.17, 15) is 4.39 Å². The Bertz CT molecular complexity index is 941. The summed E-state index contributed by atoms with van der Waals surface area (Å²) in [5.74, 6) is 0.474. The zero-order valence-electron chi connectivity index (χ0n) is 13.8. The third-order valence-corrected chi connectivity index (χ3v) is 5.49. The first-order chi connectivity index (χ1) is 12.2. The standard InChI is InChI=1S/C18H19FN6.2H2/c19-13-3-4-14(25-9-6-18(11-25)5-8-20-10-18)22-16(13)15-12-2-1-7-21-17(12)24-23-15;;/h1-4,7,20H,5-6,8-11H2,(H,21,23,24);2*1H. The number of halogens is 1. The van der Waals surface area contributed by atoms with E-state index in [0.29, 0.717) is 22.5 Å². The summed E-state index contributed by atoms with van der Waals surface area (Å²) in [5.41, 5.74) is 1.81. The number of aromatic amines is 1. The van der Waals surface area contributed by atoms with Crippen molar-refractivity contribution in [2.75, 3.05) is 31.1 Å². The molecule has 0 radical (unpaired) electrons. The topological polar surface area (TPSA) is 69.7 Å².